The van der Waals surface area contributed by atoms with Crippen molar-refractivity contribution < 1.29 is 89.4 Å². The summed E-state index contributed by atoms with van der Waals surface area (Å²) in [6, 6.07) is -0.995. The van der Waals surface area contributed by atoms with E-state index in [4.69, 9.17) is 28.4 Å². The van der Waals surface area contributed by atoms with Gasteiger partial charge in [-0.2, -0.15) is 0 Å². The van der Waals surface area contributed by atoms with Crippen LogP contribution in [-0.2, 0) is 33.2 Å². The van der Waals surface area contributed by atoms with E-state index in [0.29, 0.717) is 12.8 Å². The Morgan fingerprint density at radius 2 is 0.688 bits per heavy atom. The predicted octanol–water partition coefficient (Wildman–Crippen LogP) is 11.2. The highest BCUT2D eigenvalue weighted by Crippen LogP contribution is 2.33. The fraction of sp³-hybridized carbons (Fsp3) is 0.905. The summed E-state index contributed by atoms with van der Waals surface area (Å²) >= 11 is 0. The van der Waals surface area contributed by atoms with Crippen LogP contribution in [0.15, 0.2) is 36.5 Å². The highest BCUT2D eigenvalue weighted by atomic mass is 16.8. The van der Waals surface area contributed by atoms with Crippen LogP contribution in [0.5, 0.6) is 0 Å². The fourth-order valence-corrected chi connectivity index (χ4v) is 12.8. The summed E-state index contributed by atoms with van der Waals surface area (Å²) in [7, 11) is 0. The summed E-state index contributed by atoms with van der Waals surface area (Å²) in [4.78, 5) is 13.4. The SMILES string of the molecule is CCCCCCCCCCCCCCC/C=C/CC/C=C/CC/C=C/C(O)C(COC1OC(CO)C(OC2OC(CO)C(OC3OC(CO)C(O)C(O)C3O)C(O)C2O)C(O)C1O)NC(=O)CCCCCCCCCCCCCCCCCCCCCCCCCCC. The molecule has 1 amide bonds. The van der Waals surface area contributed by atoms with Gasteiger partial charge < -0.3 is 89.9 Å². The minimum Gasteiger partial charge on any atom is -0.394 e. The monoisotopic (exact) mass is 1330 g/mol. The Kier molecular flexibility index (Phi) is 51.2. The highest BCUT2D eigenvalue weighted by molar-refractivity contribution is 5.76. The van der Waals surface area contributed by atoms with Gasteiger partial charge in [-0.3, -0.25) is 4.79 Å². The van der Waals surface area contributed by atoms with Crippen LogP contribution in [0, 0.1) is 0 Å². The van der Waals surface area contributed by atoms with Crippen LogP contribution in [-0.4, -0.2) is 193 Å². The molecule has 93 heavy (non-hydrogen) atoms. The number of hydrogen-bond donors (Lipinski definition) is 12. The van der Waals surface area contributed by atoms with E-state index in [-0.39, 0.29) is 18.9 Å². The quantitative estimate of drug-likeness (QED) is 0.0199. The minimum absolute atomic E-state index is 0.236. The van der Waals surface area contributed by atoms with Gasteiger partial charge in [-0.1, -0.05) is 281 Å². The summed E-state index contributed by atoms with van der Waals surface area (Å²) in [5.41, 5.74) is 0. The van der Waals surface area contributed by atoms with Gasteiger partial charge in [0.05, 0.1) is 38.6 Å². The molecule has 3 fully saturated rings. The fourth-order valence-electron chi connectivity index (χ4n) is 12.8. The van der Waals surface area contributed by atoms with Crippen molar-refractivity contribution >= 4 is 5.91 Å². The van der Waals surface area contributed by atoms with Crippen molar-refractivity contribution in [2.45, 2.75) is 401 Å². The van der Waals surface area contributed by atoms with Crippen LogP contribution >= 0.6 is 0 Å². The largest absolute Gasteiger partial charge is 0.394 e. The Bertz CT molecular complexity index is 1830. The molecule has 19 nitrogen and oxygen atoms in total. The molecule has 0 radical (unpaired) electrons. The first kappa shape index (κ1) is 85.2. The molecule has 3 saturated heterocycles. The summed E-state index contributed by atoms with van der Waals surface area (Å²) in [5.74, 6) is -0.284. The summed E-state index contributed by atoms with van der Waals surface area (Å²) < 4.78 is 34.4. The molecule has 17 atom stereocenters. The Balaban J connectivity index is 1.42. The third-order valence-electron chi connectivity index (χ3n) is 18.9. The first-order valence-corrected chi connectivity index (χ1v) is 37.7. The summed E-state index contributed by atoms with van der Waals surface area (Å²) in [6.45, 7) is 1.75. The number of aliphatic hydroxyl groups is 11. The molecule has 0 bridgehead atoms. The van der Waals surface area contributed by atoms with Crippen LogP contribution in [0.4, 0.5) is 0 Å². The number of hydrogen-bond acceptors (Lipinski definition) is 18. The molecule has 3 heterocycles. The van der Waals surface area contributed by atoms with Crippen LogP contribution in [0.3, 0.4) is 0 Å². The molecule has 12 N–H and O–H groups in total. The Hall–Kier alpha value is -1.99. The number of unbranched alkanes of at least 4 members (excludes halogenated alkanes) is 39. The number of carbonyl (C=O) groups excluding carboxylic acids is 1. The zero-order valence-corrected chi connectivity index (χ0v) is 58.0. The average Bonchev–Trinajstić information content (AvgIpc) is 0.814. The number of amides is 1. The van der Waals surface area contributed by atoms with E-state index in [1.165, 1.54) is 218 Å². The van der Waals surface area contributed by atoms with Crippen LogP contribution in [0.25, 0.3) is 0 Å². The zero-order chi connectivity index (χ0) is 67.5. The van der Waals surface area contributed by atoms with E-state index >= 15 is 0 Å². The van der Waals surface area contributed by atoms with Crippen LogP contribution < -0.4 is 5.32 Å². The van der Waals surface area contributed by atoms with Gasteiger partial charge >= 0.3 is 0 Å². The maximum absolute atomic E-state index is 13.4. The molecule has 0 saturated carbocycles. The lowest BCUT2D eigenvalue weighted by Gasteiger charge is -2.48. The van der Waals surface area contributed by atoms with Crippen molar-refractivity contribution in [2.24, 2.45) is 0 Å². The molecule has 3 aliphatic rings. The summed E-state index contributed by atoms with van der Waals surface area (Å²) in [5, 5.41) is 121. The molecular formula is C74H137NO18. The van der Waals surface area contributed by atoms with Crippen molar-refractivity contribution in [3.8, 4) is 0 Å². The van der Waals surface area contributed by atoms with Gasteiger partial charge in [-0.05, 0) is 44.9 Å². The van der Waals surface area contributed by atoms with Gasteiger partial charge in [0.2, 0.25) is 5.91 Å². The molecule has 0 aliphatic carbocycles. The van der Waals surface area contributed by atoms with Gasteiger partial charge in [0.25, 0.3) is 0 Å². The normalized spacial score (nSPS) is 27.7. The molecular weight excluding hydrogens is 1190 g/mol. The number of rotatable bonds is 59. The van der Waals surface area contributed by atoms with Gasteiger partial charge in [0.1, 0.15) is 73.2 Å². The lowest BCUT2D eigenvalue weighted by molar-refractivity contribution is -0.379. The second-order valence-electron chi connectivity index (χ2n) is 27.1. The van der Waals surface area contributed by atoms with Crippen molar-refractivity contribution in [3.05, 3.63) is 36.5 Å². The smallest absolute Gasteiger partial charge is 0.220 e. The third kappa shape index (κ3) is 37.1. The van der Waals surface area contributed by atoms with E-state index in [0.717, 1.165) is 44.9 Å². The molecule has 0 spiro atoms. The molecule has 0 aromatic heterocycles. The topological polar surface area (TPSA) is 307 Å². The van der Waals surface area contributed by atoms with Crippen molar-refractivity contribution in [2.75, 3.05) is 26.4 Å². The first-order valence-electron chi connectivity index (χ1n) is 37.7. The Labute approximate surface area is 561 Å². The van der Waals surface area contributed by atoms with E-state index in [1.807, 2.05) is 6.08 Å². The number of ether oxygens (including phenoxy) is 6. The average molecular weight is 1330 g/mol. The number of carbonyl (C=O) groups is 1. The third-order valence-corrected chi connectivity index (χ3v) is 18.9. The van der Waals surface area contributed by atoms with Gasteiger partial charge in [0.15, 0.2) is 18.9 Å². The second kappa shape index (κ2) is 55.8. The minimum atomic E-state index is -1.98. The van der Waals surface area contributed by atoms with Gasteiger partial charge in [-0.15, -0.1) is 0 Å². The molecule has 17 unspecified atom stereocenters. The van der Waals surface area contributed by atoms with E-state index in [1.54, 1.807) is 6.08 Å². The van der Waals surface area contributed by atoms with E-state index < -0.39 is 124 Å². The van der Waals surface area contributed by atoms with E-state index in [9.17, 15) is 61.0 Å². The van der Waals surface area contributed by atoms with Gasteiger partial charge in [-0.25, -0.2) is 0 Å². The number of aliphatic hydroxyl groups excluding tert-OH is 11. The van der Waals surface area contributed by atoms with Crippen molar-refractivity contribution in [1.82, 2.24) is 5.32 Å². The first-order chi connectivity index (χ1) is 45.3. The standard InChI is InChI=1S/C74H137NO18/c1-3-5-7-9-11-13-15-17-19-21-23-25-27-28-30-32-34-36-38-40-42-44-46-48-50-52-62(80)75-57(58(79)51-49-47-45-43-41-39-37-35-33-31-29-26-24-22-20-18-16-14-12-10-8-6-4-2)56-88-72-68(86)65(83)70(60(54-77)90-72)93-74-69(87)66(84)71(61(55-78)91-74)92-73-67(85)64(82)63(81)59(53-76)89-73/h33,35,41,43,49,51,57-61,63-74,76-79,81-87H,3-32,34,36-40,42,44-48,50,52-56H2,1-2H3,(H,75,80)/b35-33+,43-41+,51-49+. The lowest BCUT2D eigenvalue weighted by Crippen LogP contribution is -2.66. The zero-order valence-electron chi connectivity index (χ0n) is 58.0. The van der Waals surface area contributed by atoms with Crippen LogP contribution in [0.2, 0.25) is 0 Å². The number of allylic oxidation sites excluding steroid dienone is 5. The Morgan fingerprint density at radius 1 is 0.376 bits per heavy atom. The molecule has 546 valence electrons. The van der Waals surface area contributed by atoms with E-state index in [2.05, 4.69) is 43.5 Å². The lowest BCUT2D eigenvalue weighted by atomic mass is 9.96. The van der Waals surface area contributed by atoms with Crippen molar-refractivity contribution in [3.63, 3.8) is 0 Å². The Morgan fingerprint density at radius 3 is 1.08 bits per heavy atom. The molecule has 3 aliphatic heterocycles. The highest BCUT2D eigenvalue weighted by Gasteiger charge is 2.53. The predicted molar refractivity (Wildman–Crippen MR) is 365 cm³/mol. The van der Waals surface area contributed by atoms with Crippen LogP contribution in [0.1, 0.15) is 296 Å². The molecule has 0 aromatic carbocycles. The maximum Gasteiger partial charge on any atom is 0.220 e. The molecule has 3 rings (SSSR count). The second-order valence-corrected chi connectivity index (χ2v) is 27.1. The summed E-state index contributed by atoms with van der Waals surface area (Å²) in [6.07, 6.45) is 39.9. The molecule has 19 heteroatoms. The van der Waals surface area contributed by atoms with Gasteiger partial charge in [0, 0.05) is 6.42 Å². The van der Waals surface area contributed by atoms with Crippen molar-refractivity contribution in [1.29, 1.82) is 0 Å². The number of nitrogens with one attached hydrogen (secondary N) is 1. The maximum atomic E-state index is 13.4. The molecule has 0 aromatic rings.